The maximum atomic E-state index is 12.4. The Balaban J connectivity index is 1.66. The zero-order valence-corrected chi connectivity index (χ0v) is 15.3. The Morgan fingerprint density at radius 1 is 1.00 bits per heavy atom. The molecule has 5 nitrogen and oxygen atoms in total. The Morgan fingerprint density at radius 3 is 2.24 bits per heavy atom. The topological polar surface area (TPSA) is 63.7 Å². The molecule has 0 N–H and O–H groups in total. The molecule has 0 aromatic heterocycles. The van der Waals surface area contributed by atoms with Crippen molar-refractivity contribution in [3.63, 3.8) is 0 Å². The molecule has 2 aromatic carbocycles. The van der Waals surface area contributed by atoms with E-state index < -0.39 is 15.9 Å². The molecule has 1 aliphatic rings. The van der Waals surface area contributed by atoms with E-state index in [1.165, 1.54) is 17.7 Å². The van der Waals surface area contributed by atoms with Crippen LogP contribution in [0.1, 0.15) is 36.7 Å². The van der Waals surface area contributed by atoms with Crippen molar-refractivity contribution in [1.29, 1.82) is 0 Å². The molecule has 0 aliphatic carbocycles. The highest BCUT2D eigenvalue weighted by atomic mass is 32.2. The van der Waals surface area contributed by atoms with Crippen molar-refractivity contribution in [3.05, 3.63) is 59.7 Å². The van der Waals surface area contributed by atoms with Crippen LogP contribution < -0.4 is 4.74 Å². The molecule has 25 heavy (non-hydrogen) atoms. The zero-order chi connectivity index (χ0) is 18.2. The van der Waals surface area contributed by atoms with Crippen LogP contribution in [0.25, 0.3) is 0 Å². The summed E-state index contributed by atoms with van der Waals surface area (Å²) in [6, 6.07) is 13.9. The van der Waals surface area contributed by atoms with Gasteiger partial charge in [-0.15, -0.1) is 0 Å². The van der Waals surface area contributed by atoms with E-state index in [1.807, 2.05) is 24.3 Å². The first kappa shape index (κ1) is 17.5. The minimum absolute atomic E-state index is 0.0170. The summed E-state index contributed by atoms with van der Waals surface area (Å²) in [6.07, 6.45) is 0. The predicted molar refractivity (Wildman–Crippen MR) is 95.3 cm³/mol. The summed E-state index contributed by atoms with van der Waals surface area (Å²) in [4.78, 5) is 12.4. The second-order valence-corrected chi connectivity index (χ2v) is 8.83. The smallest absolute Gasteiger partial charge is 0.269 e. The van der Waals surface area contributed by atoms with Gasteiger partial charge in [-0.2, -0.15) is 0 Å². The number of amides is 1. The number of nitrogens with zero attached hydrogens (tertiary/aromatic N) is 1. The van der Waals surface area contributed by atoms with E-state index in [9.17, 15) is 13.2 Å². The lowest BCUT2D eigenvalue weighted by Crippen LogP contribution is -2.33. The number of sulfonamides is 1. The number of carbonyl (C=O) groups excluding carboxylic acids is 1. The van der Waals surface area contributed by atoms with Crippen LogP contribution in [-0.2, 0) is 15.4 Å². The van der Waals surface area contributed by atoms with Crippen molar-refractivity contribution in [2.75, 3.05) is 13.2 Å². The summed E-state index contributed by atoms with van der Waals surface area (Å²) in [5.74, 6) is 0.150. The molecule has 0 bridgehead atoms. The maximum Gasteiger partial charge on any atom is 0.269 e. The van der Waals surface area contributed by atoms with Crippen molar-refractivity contribution in [2.24, 2.45) is 0 Å². The molecular formula is C19H21NO4S. The molecule has 0 saturated carbocycles. The molecule has 1 amide bonds. The van der Waals surface area contributed by atoms with Crippen molar-refractivity contribution < 1.29 is 17.9 Å². The Labute approximate surface area is 148 Å². The third-order valence-corrected chi connectivity index (χ3v) is 6.04. The molecule has 3 rings (SSSR count). The molecule has 2 aromatic rings. The van der Waals surface area contributed by atoms with Gasteiger partial charge in [-0.05, 0) is 35.2 Å². The van der Waals surface area contributed by atoms with Gasteiger partial charge in [-0.3, -0.25) is 4.79 Å². The van der Waals surface area contributed by atoms with E-state index in [2.05, 4.69) is 20.8 Å². The van der Waals surface area contributed by atoms with Crippen LogP contribution >= 0.6 is 0 Å². The Bertz CT molecular complexity index is 896. The second-order valence-electron chi connectivity index (χ2n) is 7.00. The van der Waals surface area contributed by atoms with E-state index in [1.54, 1.807) is 12.1 Å². The third kappa shape index (κ3) is 3.26. The van der Waals surface area contributed by atoms with Crippen molar-refractivity contribution >= 4 is 15.9 Å². The average Bonchev–Trinajstić information content (AvgIpc) is 2.76. The van der Waals surface area contributed by atoms with Gasteiger partial charge in [0.15, 0.2) is 0 Å². The van der Waals surface area contributed by atoms with E-state index >= 15 is 0 Å². The first-order valence-corrected chi connectivity index (χ1v) is 9.55. The van der Waals surface area contributed by atoms with Gasteiger partial charge in [0.2, 0.25) is 0 Å². The molecule has 6 heteroatoms. The van der Waals surface area contributed by atoms with Gasteiger partial charge in [0.1, 0.15) is 17.3 Å². The fourth-order valence-corrected chi connectivity index (χ4v) is 4.30. The molecule has 0 fully saturated rings. The summed E-state index contributed by atoms with van der Waals surface area (Å²) in [6.45, 7) is 6.48. The fourth-order valence-electron chi connectivity index (χ4n) is 2.75. The molecule has 0 spiro atoms. The number of fused-ring (bicyclic) bond motifs is 1. The second kappa shape index (κ2) is 6.19. The highest BCUT2D eigenvalue weighted by Crippen LogP contribution is 2.29. The number of rotatable bonds is 4. The molecule has 1 heterocycles. The van der Waals surface area contributed by atoms with E-state index in [0.29, 0.717) is 5.75 Å². The number of benzene rings is 2. The monoisotopic (exact) mass is 359 g/mol. The van der Waals surface area contributed by atoms with Crippen LogP contribution in [-0.4, -0.2) is 31.8 Å². The lowest BCUT2D eigenvalue weighted by atomic mass is 9.87. The summed E-state index contributed by atoms with van der Waals surface area (Å²) >= 11 is 0. The summed E-state index contributed by atoms with van der Waals surface area (Å²) in [5.41, 5.74) is 1.46. The van der Waals surface area contributed by atoms with Gasteiger partial charge in [0.05, 0.1) is 12.1 Å². The van der Waals surface area contributed by atoms with Gasteiger partial charge in [-0.1, -0.05) is 45.0 Å². The van der Waals surface area contributed by atoms with Gasteiger partial charge in [0.25, 0.3) is 15.9 Å². The maximum absolute atomic E-state index is 12.4. The van der Waals surface area contributed by atoms with E-state index in [-0.39, 0.29) is 29.0 Å². The molecule has 1 aliphatic heterocycles. The van der Waals surface area contributed by atoms with Gasteiger partial charge < -0.3 is 4.74 Å². The van der Waals surface area contributed by atoms with Crippen molar-refractivity contribution in [1.82, 2.24) is 4.31 Å². The third-order valence-electron chi connectivity index (χ3n) is 4.20. The average molecular weight is 359 g/mol. The largest absolute Gasteiger partial charge is 0.492 e. The molecule has 0 unspecified atom stereocenters. The normalized spacial score (nSPS) is 16.0. The molecular weight excluding hydrogens is 338 g/mol. The first-order chi connectivity index (χ1) is 11.7. The van der Waals surface area contributed by atoms with Crippen LogP contribution in [0.5, 0.6) is 5.75 Å². The van der Waals surface area contributed by atoms with Crippen LogP contribution in [0.2, 0.25) is 0 Å². The van der Waals surface area contributed by atoms with Crippen LogP contribution in [0.3, 0.4) is 0 Å². The van der Waals surface area contributed by atoms with Crippen LogP contribution in [0.15, 0.2) is 53.4 Å². The highest BCUT2D eigenvalue weighted by Gasteiger charge is 2.40. The van der Waals surface area contributed by atoms with Gasteiger partial charge in [0, 0.05) is 0 Å². The number of hydrogen-bond donors (Lipinski definition) is 0. The summed E-state index contributed by atoms with van der Waals surface area (Å²) in [7, 11) is -3.77. The Morgan fingerprint density at radius 2 is 1.64 bits per heavy atom. The zero-order valence-electron chi connectivity index (χ0n) is 14.5. The van der Waals surface area contributed by atoms with Crippen LogP contribution in [0.4, 0.5) is 0 Å². The minimum atomic E-state index is -3.77. The summed E-state index contributed by atoms with van der Waals surface area (Å²) < 4.78 is 31.4. The Kier molecular flexibility index (Phi) is 4.33. The first-order valence-electron chi connectivity index (χ1n) is 8.11. The SMILES string of the molecule is CC(C)(C)c1ccc(OCCN2C(=O)c3ccccc3S2(=O)=O)cc1. The molecule has 0 saturated heterocycles. The van der Waals surface area contributed by atoms with Gasteiger partial charge >= 0.3 is 0 Å². The quantitative estimate of drug-likeness (QED) is 0.841. The Hall–Kier alpha value is -2.34. The molecule has 0 radical (unpaired) electrons. The van der Waals surface area contributed by atoms with Crippen molar-refractivity contribution in [3.8, 4) is 5.75 Å². The predicted octanol–water partition coefficient (Wildman–Crippen LogP) is 3.21. The van der Waals surface area contributed by atoms with Crippen LogP contribution in [0, 0.1) is 0 Å². The molecule has 132 valence electrons. The lowest BCUT2D eigenvalue weighted by Gasteiger charge is -2.19. The van der Waals surface area contributed by atoms with E-state index in [0.717, 1.165) is 4.31 Å². The number of hydrogen-bond acceptors (Lipinski definition) is 4. The number of carbonyl (C=O) groups is 1. The standard InChI is InChI=1S/C19H21NO4S/c1-19(2,3)14-8-10-15(11-9-14)24-13-12-20-18(21)16-6-4-5-7-17(16)25(20,22)23/h4-11H,12-13H2,1-3H3. The lowest BCUT2D eigenvalue weighted by molar-refractivity contribution is 0.0857. The molecule has 0 atom stereocenters. The minimum Gasteiger partial charge on any atom is -0.492 e. The van der Waals surface area contributed by atoms with E-state index in [4.69, 9.17) is 4.74 Å². The van der Waals surface area contributed by atoms with Gasteiger partial charge in [-0.25, -0.2) is 12.7 Å². The van der Waals surface area contributed by atoms with Crippen molar-refractivity contribution in [2.45, 2.75) is 31.1 Å². The summed E-state index contributed by atoms with van der Waals surface area (Å²) in [5, 5.41) is 0. The fraction of sp³-hybridized carbons (Fsp3) is 0.316. The highest BCUT2D eigenvalue weighted by molar-refractivity contribution is 7.90. The number of ether oxygens (including phenoxy) is 1.